The van der Waals surface area contributed by atoms with Crippen molar-refractivity contribution in [3.05, 3.63) is 71.3 Å². The van der Waals surface area contributed by atoms with Crippen LogP contribution in [0, 0.1) is 6.92 Å². The van der Waals surface area contributed by atoms with Crippen LogP contribution in [0.5, 0.6) is 0 Å². The van der Waals surface area contributed by atoms with Crippen molar-refractivity contribution in [2.45, 2.75) is 57.2 Å². The Kier molecular flexibility index (Phi) is 11.3. The molecular formula is C23H33Cl2N3O. The number of rotatable bonds is 10. The Morgan fingerprint density at radius 1 is 1.07 bits per heavy atom. The molecular weight excluding hydrogens is 405 g/mol. The first-order valence-corrected chi connectivity index (χ1v) is 10.0. The van der Waals surface area contributed by atoms with Gasteiger partial charge in [0.15, 0.2) is 0 Å². The van der Waals surface area contributed by atoms with Gasteiger partial charge in [-0.3, -0.25) is 4.79 Å². The molecule has 29 heavy (non-hydrogen) atoms. The SMILES string of the molecule is Cc1ccc(CNC(=O)C(N)CCCCNC2CC2c2ccccc2)cc1.Cl.Cl. The van der Waals surface area contributed by atoms with Crippen molar-refractivity contribution in [2.24, 2.45) is 5.73 Å². The Morgan fingerprint density at radius 3 is 2.45 bits per heavy atom. The van der Waals surface area contributed by atoms with E-state index in [9.17, 15) is 4.79 Å². The van der Waals surface area contributed by atoms with E-state index in [1.165, 1.54) is 17.5 Å². The van der Waals surface area contributed by atoms with Crippen molar-refractivity contribution >= 4 is 30.7 Å². The fraction of sp³-hybridized carbons (Fsp3) is 0.435. The molecule has 1 aliphatic rings. The van der Waals surface area contributed by atoms with E-state index in [1.807, 2.05) is 12.1 Å². The monoisotopic (exact) mass is 437 g/mol. The van der Waals surface area contributed by atoms with Gasteiger partial charge in [0.2, 0.25) is 5.91 Å². The number of carbonyl (C=O) groups excluding carboxylic acids is 1. The van der Waals surface area contributed by atoms with Crippen molar-refractivity contribution in [3.63, 3.8) is 0 Å². The minimum atomic E-state index is -0.423. The molecule has 4 N–H and O–H groups in total. The van der Waals surface area contributed by atoms with Crippen LogP contribution in [0.4, 0.5) is 0 Å². The minimum absolute atomic E-state index is 0. The Morgan fingerprint density at radius 2 is 1.76 bits per heavy atom. The number of amides is 1. The number of carbonyl (C=O) groups is 1. The third-order valence-electron chi connectivity index (χ3n) is 5.29. The molecule has 3 unspecified atom stereocenters. The molecule has 2 aromatic carbocycles. The average molecular weight is 438 g/mol. The van der Waals surface area contributed by atoms with E-state index in [-0.39, 0.29) is 30.7 Å². The number of hydrogen-bond acceptors (Lipinski definition) is 3. The number of halogens is 2. The normalized spacial score (nSPS) is 18.1. The van der Waals surface area contributed by atoms with E-state index >= 15 is 0 Å². The van der Waals surface area contributed by atoms with Crippen LogP contribution in [0.15, 0.2) is 54.6 Å². The van der Waals surface area contributed by atoms with E-state index in [0.717, 1.165) is 31.4 Å². The van der Waals surface area contributed by atoms with Crippen LogP contribution in [0.2, 0.25) is 0 Å². The van der Waals surface area contributed by atoms with Crippen LogP contribution in [0.25, 0.3) is 0 Å². The fourth-order valence-corrected chi connectivity index (χ4v) is 3.42. The second kappa shape index (κ2) is 12.9. The van der Waals surface area contributed by atoms with Gasteiger partial charge in [-0.15, -0.1) is 24.8 Å². The predicted octanol–water partition coefficient (Wildman–Crippen LogP) is 4.10. The van der Waals surface area contributed by atoms with Crippen LogP contribution in [0.3, 0.4) is 0 Å². The summed E-state index contributed by atoms with van der Waals surface area (Å²) < 4.78 is 0. The Hall–Kier alpha value is -1.59. The lowest BCUT2D eigenvalue weighted by molar-refractivity contribution is -0.122. The van der Waals surface area contributed by atoms with Crippen molar-refractivity contribution in [2.75, 3.05) is 6.54 Å². The topological polar surface area (TPSA) is 67.2 Å². The molecule has 1 fully saturated rings. The number of benzene rings is 2. The van der Waals surface area contributed by atoms with E-state index in [1.54, 1.807) is 0 Å². The third-order valence-corrected chi connectivity index (χ3v) is 5.29. The quantitative estimate of drug-likeness (QED) is 0.490. The van der Waals surface area contributed by atoms with Crippen molar-refractivity contribution < 1.29 is 4.79 Å². The van der Waals surface area contributed by atoms with Gasteiger partial charge in [0.05, 0.1) is 6.04 Å². The number of hydrogen-bond donors (Lipinski definition) is 3. The Bertz CT molecular complexity index is 725. The van der Waals surface area contributed by atoms with E-state index in [4.69, 9.17) is 5.73 Å². The molecule has 1 saturated carbocycles. The van der Waals surface area contributed by atoms with Crippen LogP contribution >= 0.6 is 24.8 Å². The van der Waals surface area contributed by atoms with E-state index in [2.05, 4.69) is 60.0 Å². The standard InChI is InChI=1S/C23H31N3O.2ClH/c1-17-10-12-18(13-11-17)16-26-23(27)21(24)9-5-6-14-25-22-15-20(22)19-7-3-2-4-8-19;;/h2-4,7-8,10-13,20-22,25H,5-6,9,14-16,24H2,1H3,(H,26,27);2*1H. The highest BCUT2D eigenvalue weighted by Gasteiger charge is 2.37. The highest BCUT2D eigenvalue weighted by Crippen LogP contribution is 2.40. The highest BCUT2D eigenvalue weighted by molar-refractivity contribution is 5.85. The van der Waals surface area contributed by atoms with Gasteiger partial charge >= 0.3 is 0 Å². The first-order chi connectivity index (χ1) is 13.1. The molecule has 0 heterocycles. The molecule has 2 aromatic rings. The molecule has 0 bridgehead atoms. The zero-order valence-electron chi connectivity index (χ0n) is 17.0. The van der Waals surface area contributed by atoms with Gasteiger partial charge < -0.3 is 16.4 Å². The van der Waals surface area contributed by atoms with Gasteiger partial charge in [-0.25, -0.2) is 0 Å². The maximum atomic E-state index is 12.1. The molecule has 0 aliphatic heterocycles. The summed E-state index contributed by atoms with van der Waals surface area (Å²) in [4.78, 5) is 12.1. The average Bonchev–Trinajstić information content (AvgIpc) is 3.47. The van der Waals surface area contributed by atoms with Crippen molar-refractivity contribution in [3.8, 4) is 0 Å². The van der Waals surface area contributed by atoms with Gasteiger partial charge in [0, 0.05) is 18.5 Å². The lowest BCUT2D eigenvalue weighted by atomic mass is 10.1. The maximum absolute atomic E-state index is 12.1. The molecule has 3 rings (SSSR count). The molecule has 6 heteroatoms. The number of nitrogens with two attached hydrogens (primary N) is 1. The van der Waals surface area contributed by atoms with Gasteiger partial charge in [-0.05, 0) is 43.9 Å². The summed E-state index contributed by atoms with van der Waals surface area (Å²) in [7, 11) is 0. The third kappa shape index (κ3) is 8.35. The molecule has 1 aliphatic carbocycles. The zero-order valence-corrected chi connectivity index (χ0v) is 18.6. The van der Waals surface area contributed by atoms with Gasteiger partial charge in [0.25, 0.3) is 0 Å². The minimum Gasteiger partial charge on any atom is -0.351 e. The maximum Gasteiger partial charge on any atom is 0.237 e. The first kappa shape index (κ1) is 25.4. The fourth-order valence-electron chi connectivity index (χ4n) is 3.42. The van der Waals surface area contributed by atoms with Crippen LogP contribution in [-0.4, -0.2) is 24.5 Å². The number of nitrogens with one attached hydrogen (secondary N) is 2. The number of unbranched alkanes of at least 4 members (excludes halogenated alkanes) is 1. The Balaban J connectivity index is 0.00000210. The summed E-state index contributed by atoms with van der Waals surface area (Å²) in [5.41, 5.74) is 9.78. The summed E-state index contributed by atoms with van der Waals surface area (Å²) in [5.74, 6) is 0.607. The van der Waals surface area contributed by atoms with E-state index in [0.29, 0.717) is 18.5 Å². The molecule has 3 atom stereocenters. The largest absolute Gasteiger partial charge is 0.351 e. The second-order valence-corrected chi connectivity index (χ2v) is 7.62. The molecule has 0 saturated heterocycles. The van der Waals surface area contributed by atoms with Gasteiger partial charge in [0.1, 0.15) is 0 Å². The van der Waals surface area contributed by atoms with Crippen LogP contribution in [0.1, 0.15) is 48.3 Å². The summed E-state index contributed by atoms with van der Waals surface area (Å²) in [5, 5.41) is 6.55. The summed E-state index contributed by atoms with van der Waals surface area (Å²) in [6.07, 6.45) is 3.98. The smallest absolute Gasteiger partial charge is 0.237 e. The molecule has 4 nitrogen and oxygen atoms in total. The van der Waals surface area contributed by atoms with Crippen molar-refractivity contribution in [1.29, 1.82) is 0 Å². The molecule has 160 valence electrons. The lowest BCUT2D eigenvalue weighted by Gasteiger charge is -2.12. The molecule has 1 amide bonds. The summed E-state index contributed by atoms with van der Waals surface area (Å²) in [6, 6.07) is 19.1. The molecule has 0 spiro atoms. The predicted molar refractivity (Wildman–Crippen MR) is 125 cm³/mol. The zero-order chi connectivity index (χ0) is 19.1. The van der Waals surface area contributed by atoms with E-state index < -0.39 is 6.04 Å². The second-order valence-electron chi connectivity index (χ2n) is 7.62. The number of aryl methyl sites for hydroxylation is 1. The van der Waals surface area contributed by atoms with Crippen LogP contribution in [-0.2, 0) is 11.3 Å². The van der Waals surface area contributed by atoms with Gasteiger partial charge in [-0.2, -0.15) is 0 Å². The Labute approximate surface area is 186 Å². The van der Waals surface area contributed by atoms with Crippen LogP contribution < -0.4 is 16.4 Å². The van der Waals surface area contributed by atoms with Crippen molar-refractivity contribution in [1.82, 2.24) is 10.6 Å². The van der Waals surface area contributed by atoms with Gasteiger partial charge in [-0.1, -0.05) is 66.6 Å². The summed E-state index contributed by atoms with van der Waals surface area (Å²) in [6.45, 7) is 3.58. The highest BCUT2D eigenvalue weighted by atomic mass is 35.5. The first-order valence-electron chi connectivity index (χ1n) is 10.0. The molecule has 0 radical (unpaired) electrons. The molecule has 0 aromatic heterocycles. The lowest BCUT2D eigenvalue weighted by Crippen LogP contribution is -2.40. The summed E-state index contributed by atoms with van der Waals surface area (Å²) >= 11 is 0.